The third-order valence-electron chi connectivity index (χ3n) is 4.55. The highest BCUT2D eigenvalue weighted by atomic mass is 35.5. The molecule has 0 bridgehead atoms. The van der Waals surface area contributed by atoms with Crippen LogP contribution < -0.4 is 4.90 Å². The van der Waals surface area contributed by atoms with Gasteiger partial charge in [-0.05, 0) is 43.7 Å². The predicted molar refractivity (Wildman–Crippen MR) is 80.4 cm³/mol. The van der Waals surface area contributed by atoms with Gasteiger partial charge in [-0.3, -0.25) is 0 Å². The van der Waals surface area contributed by atoms with Gasteiger partial charge in [-0.25, -0.2) is 4.39 Å². The molecule has 0 radical (unpaired) electrons. The highest BCUT2D eigenvalue weighted by Gasteiger charge is 2.24. The third-order valence-corrected chi connectivity index (χ3v) is 4.82. The Labute approximate surface area is 120 Å². The summed E-state index contributed by atoms with van der Waals surface area (Å²) in [5, 5.41) is 0. The molecule has 0 amide bonds. The van der Waals surface area contributed by atoms with Crippen molar-refractivity contribution in [3.05, 3.63) is 29.6 Å². The molecule has 0 unspecified atom stereocenters. The largest absolute Gasteiger partial charge is 0.371 e. The minimum absolute atomic E-state index is 0.193. The van der Waals surface area contributed by atoms with Gasteiger partial charge in [0.15, 0.2) is 0 Å². The predicted octanol–water partition coefficient (Wildman–Crippen LogP) is 4.97. The zero-order chi connectivity index (χ0) is 13.8. The summed E-state index contributed by atoms with van der Waals surface area (Å²) in [7, 11) is 2.07. The lowest BCUT2D eigenvalue weighted by Crippen LogP contribution is -2.35. The minimum Gasteiger partial charge on any atom is -0.371 e. The Balaban J connectivity index is 2.12. The molecule has 1 nitrogen and oxygen atoms in total. The highest BCUT2D eigenvalue weighted by Crippen LogP contribution is 2.33. The third kappa shape index (κ3) is 3.22. The van der Waals surface area contributed by atoms with Gasteiger partial charge in [0, 0.05) is 24.3 Å². The zero-order valence-corrected chi connectivity index (χ0v) is 12.6. The summed E-state index contributed by atoms with van der Waals surface area (Å²) in [5.41, 5.74) is 1.58. The molecule has 0 N–H and O–H groups in total. The summed E-state index contributed by atoms with van der Waals surface area (Å²) in [4.78, 5) is 2.23. The lowest BCUT2D eigenvalue weighted by atomic mass is 9.84. The van der Waals surface area contributed by atoms with Gasteiger partial charge in [-0.15, -0.1) is 11.6 Å². The number of alkyl halides is 1. The van der Waals surface area contributed by atoms with Crippen LogP contribution in [0.25, 0.3) is 0 Å². The van der Waals surface area contributed by atoms with E-state index in [2.05, 4.69) is 18.9 Å². The first kappa shape index (κ1) is 14.6. The second-order valence-corrected chi connectivity index (χ2v) is 5.83. The fraction of sp³-hybridized carbons (Fsp3) is 0.625. The van der Waals surface area contributed by atoms with Crippen molar-refractivity contribution < 1.29 is 4.39 Å². The lowest BCUT2D eigenvalue weighted by Gasteiger charge is -2.36. The van der Waals surface area contributed by atoms with Gasteiger partial charge < -0.3 is 4.90 Å². The monoisotopic (exact) mass is 283 g/mol. The van der Waals surface area contributed by atoms with E-state index in [4.69, 9.17) is 11.6 Å². The zero-order valence-electron chi connectivity index (χ0n) is 11.8. The fourth-order valence-corrected chi connectivity index (χ4v) is 3.41. The van der Waals surface area contributed by atoms with Gasteiger partial charge in [-0.1, -0.05) is 19.4 Å². The van der Waals surface area contributed by atoms with E-state index >= 15 is 0 Å². The maximum absolute atomic E-state index is 13.8. The van der Waals surface area contributed by atoms with Crippen LogP contribution in [0.5, 0.6) is 0 Å². The first-order valence-corrected chi connectivity index (χ1v) is 7.77. The van der Waals surface area contributed by atoms with Crippen LogP contribution in [0.4, 0.5) is 10.1 Å². The highest BCUT2D eigenvalue weighted by molar-refractivity contribution is 6.17. The first-order chi connectivity index (χ1) is 9.17. The Morgan fingerprint density at radius 3 is 2.53 bits per heavy atom. The standard InChI is InChI=1S/C16H23ClFN/c1-3-12-7-9-13(10-8-12)19(2)16-6-4-5-15(18)14(16)11-17/h4-6,12-13H,3,7-11H2,1-2H3. The van der Waals surface area contributed by atoms with Crippen molar-refractivity contribution in [3.8, 4) is 0 Å². The van der Waals surface area contributed by atoms with Crippen molar-refractivity contribution in [2.45, 2.75) is 50.9 Å². The molecule has 0 aromatic heterocycles. The van der Waals surface area contributed by atoms with Crippen molar-refractivity contribution in [1.29, 1.82) is 0 Å². The van der Waals surface area contributed by atoms with Crippen LogP contribution in [0.2, 0.25) is 0 Å². The summed E-state index contributed by atoms with van der Waals surface area (Å²) >= 11 is 5.90. The van der Waals surface area contributed by atoms with Crippen molar-refractivity contribution in [2.75, 3.05) is 11.9 Å². The summed E-state index contributed by atoms with van der Waals surface area (Å²) in [6, 6.07) is 5.76. The first-order valence-electron chi connectivity index (χ1n) is 7.23. The fourth-order valence-electron chi connectivity index (χ4n) is 3.15. The molecular weight excluding hydrogens is 261 g/mol. The second-order valence-electron chi connectivity index (χ2n) is 5.56. The topological polar surface area (TPSA) is 3.24 Å². The summed E-state index contributed by atoms with van der Waals surface area (Å²) < 4.78 is 13.8. The molecule has 106 valence electrons. The number of halogens is 2. The number of hydrogen-bond donors (Lipinski definition) is 0. The van der Waals surface area contributed by atoms with Crippen LogP contribution in [0.15, 0.2) is 18.2 Å². The summed E-state index contributed by atoms with van der Waals surface area (Å²) in [5.74, 6) is 0.919. The molecule has 0 spiro atoms. The molecule has 19 heavy (non-hydrogen) atoms. The minimum atomic E-state index is -0.193. The number of anilines is 1. The van der Waals surface area contributed by atoms with Crippen LogP contribution in [0.3, 0.4) is 0 Å². The van der Waals surface area contributed by atoms with E-state index in [-0.39, 0.29) is 11.7 Å². The lowest BCUT2D eigenvalue weighted by molar-refractivity contribution is 0.313. The van der Waals surface area contributed by atoms with Gasteiger partial charge in [0.2, 0.25) is 0 Å². The van der Waals surface area contributed by atoms with Crippen molar-refractivity contribution >= 4 is 17.3 Å². The van der Waals surface area contributed by atoms with Gasteiger partial charge >= 0.3 is 0 Å². The molecule has 2 rings (SSSR count). The molecule has 1 aromatic rings. The molecule has 1 aromatic carbocycles. The Morgan fingerprint density at radius 2 is 1.95 bits per heavy atom. The number of nitrogens with zero attached hydrogens (tertiary/aromatic N) is 1. The Bertz CT molecular complexity index is 413. The van der Waals surface area contributed by atoms with E-state index in [0.717, 1.165) is 11.6 Å². The Kier molecular flexibility index (Phi) is 5.09. The SMILES string of the molecule is CCC1CCC(N(C)c2cccc(F)c2CCl)CC1. The van der Waals surface area contributed by atoms with Crippen molar-refractivity contribution in [1.82, 2.24) is 0 Å². The van der Waals surface area contributed by atoms with E-state index < -0.39 is 0 Å². The van der Waals surface area contributed by atoms with E-state index in [9.17, 15) is 4.39 Å². The van der Waals surface area contributed by atoms with E-state index in [0.29, 0.717) is 11.6 Å². The summed E-state index contributed by atoms with van der Waals surface area (Å²) in [6.45, 7) is 2.27. The Morgan fingerprint density at radius 1 is 1.26 bits per heavy atom. The van der Waals surface area contributed by atoms with Gasteiger partial charge in [0.25, 0.3) is 0 Å². The van der Waals surface area contributed by atoms with Crippen LogP contribution >= 0.6 is 11.6 Å². The quantitative estimate of drug-likeness (QED) is 0.705. The molecular formula is C16H23ClFN. The van der Waals surface area contributed by atoms with E-state index in [1.807, 2.05) is 6.07 Å². The van der Waals surface area contributed by atoms with Crippen LogP contribution in [0.1, 0.15) is 44.6 Å². The average Bonchev–Trinajstić information content (AvgIpc) is 2.46. The summed E-state index contributed by atoms with van der Waals surface area (Å²) in [6.07, 6.45) is 6.26. The molecule has 0 aliphatic heterocycles. The number of hydrogen-bond acceptors (Lipinski definition) is 1. The molecule has 1 fully saturated rings. The maximum atomic E-state index is 13.8. The number of rotatable bonds is 4. The molecule has 1 aliphatic carbocycles. The molecule has 0 atom stereocenters. The molecule has 0 heterocycles. The second kappa shape index (κ2) is 6.60. The normalized spacial score (nSPS) is 23.4. The van der Waals surface area contributed by atoms with Crippen LogP contribution in [0, 0.1) is 11.7 Å². The van der Waals surface area contributed by atoms with Gasteiger partial charge in [-0.2, -0.15) is 0 Å². The molecule has 1 saturated carbocycles. The van der Waals surface area contributed by atoms with E-state index in [1.54, 1.807) is 6.07 Å². The molecule has 1 aliphatic rings. The average molecular weight is 284 g/mol. The van der Waals surface area contributed by atoms with Crippen LogP contribution in [-0.2, 0) is 5.88 Å². The van der Waals surface area contributed by atoms with Gasteiger partial charge in [0.05, 0.1) is 5.88 Å². The Hall–Kier alpha value is -0.760. The molecule has 3 heteroatoms. The smallest absolute Gasteiger partial charge is 0.129 e. The van der Waals surface area contributed by atoms with Gasteiger partial charge in [0.1, 0.15) is 5.82 Å². The van der Waals surface area contributed by atoms with Crippen LogP contribution in [-0.4, -0.2) is 13.1 Å². The number of benzene rings is 1. The molecule has 0 saturated heterocycles. The van der Waals surface area contributed by atoms with Crippen molar-refractivity contribution in [2.24, 2.45) is 5.92 Å². The van der Waals surface area contributed by atoms with Crippen molar-refractivity contribution in [3.63, 3.8) is 0 Å². The maximum Gasteiger partial charge on any atom is 0.129 e. The van der Waals surface area contributed by atoms with E-state index in [1.165, 1.54) is 38.2 Å².